The molecule has 0 spiro atoms. The van der Waals surface area contributed by atoms with Crippen LogP contribution in [0.2, 0.25) is 0 Å². The zero-order chi connectivity index (χ0) is 9.54. The fourth-order valence-electron chi connectivity index (χ4n) is 3.45. The number of oxime groups is 1. The molecule has 2 aliphatic carbocycles. The molecule has 0 aromatic rings. The van der Waals surface area contributed by atoms with E-state index in [0.717, 1.165) is 24.2 Å². The lowest BCUT2D eigenvalue weighted by atomic mass is 9.83. The van der Waals surface area contributed by atoms with Crippen LogP contribution in [0, 0.1) is 17.8 Å². The van der Waals surface area contributed by atoms with Crippen LogP contribution in [-0.2, 0) is 4.84 Å². The third-order valence-corrected chi connectivity index (χ3v) is 4.18. The summed E-state index contributed by atoms with van der Waals surface area (Å²) in [6.45, 7) is 0.605. The molecule has 78 valence electrons. The Labute approximate surface area is 84.7 Å². The highest BCUT2D eigenvalue weighted by molar-refractivity contribution is 5.88. The lowest BCUT2D eigenvalue weighted by Crippen LogP contribution is -2.24. The monoisotopic (exact) mass is 194 g/mol. The van der Waals surface area contributed by atoms with Gasteiger partial charge in [-0.15, -0.1) is 0 Å². The van der Waals surface area contributed by atoms with Gasteiger partial charge in [0, 0.05) is 18.9 Å². The third kappa shape index (κ3) is 1.26. The van der Waals surface area contributed by atoms with E-state index in [2.05, 4.69) is 5.16 Å². The van der Waals surface area contributed by atoms with E-state index in [4.69, 9.17) is 10.6 Å². The molecule has 2 fully saturated rings. The third-order valence-electron chi connectivity index (χ3n) is 4.18. The minimum absolute atomic E-state index is 0.170. The highest BCUT2D eigenvalue weighted by atomic mass is 16.6. The van der Waals surface area contributed by atoms with Gasteiger partial charge in [-0.1, -0.05) is 11.6 Å². The van der Waals surface area contributed by atoms with Crippen LogP contribution in [0.3, 0.4) is 0 Å². The smallest absolute Gasteiger partial charge is 0.145 e. The number of fused-ring (bicyclic) bond motifs is 2. The number of rotatable bonds is 2. The first-order valence-corrected chi connectivity index (χ1v) is 5.79. The summed E-state index contributed by atoms with van der Waals surface area (Å²) in [4.78, 5) is 5.30. The number of hydrogen-bond acceptors (Lipinski definition) is 3. The van der Waals surface area contributed by atoms with Crippen LogP contribution < -0.4 is 5.73 Å². The normalized spacial score (nSPS) is 45.4. The summed E-state index contributed by atoms with van der Waals surface area (Å²) in [6.07, 6.45) is 6.84. The van der Waals surface area contributed by atoms with Crippen molar-refractivity contribution in [3.05, 3.63) is 0 Å². The molecule has 2 bridgehead atoms. The maximum absolute atomic E-state index is 5.57. The number of nitrogens with two attached hydrogens (primary N) is 1. The zero-order valence-electron chi connectivity index (χ0n) is 8.48. The minimum Gasteiger partial charge on any atom is -0.391 e. The van der Waals surface area contributed by atoms with Crippen LogP contribution in [-0.4, -0.2) is 18.4 Å². The second kappa shape index (κ2) is 3.23. The molecule has 1 aliphatic heterocycles. The summed E-state index contributed by atoms with van der Waals surface area (Å²) in [6, 6.07) is 0. The summed E-state index contributed by atoms with van der Waals surface area (Å²) in [5.41, 5.74) is 6.88. The molecule has 3 aliphatic rings. The van der Waals surface area contributed by atoms with E-state index in [1.165, 1.54) is 31.4 Å². The maximum atomic E-state index is 5.57. The molecule has 2 N–H and O–H groups in total. The van der Waals surface area contributed by atoms with Gasteiger partial charge in [-0.2, -0.15) is 0 Å². The highest BCUT2D eigenvalue weighted by Crippen LogP contribution is 2.49. The quantitative estimate of drug-likeness (QED) is 0.724. The van der Waals surface area contributed by atoms with Crippen LogP contribution in [0.25, 0.3) is 0 Å². The standard InChI is InChI=1S/C11H18N2O/c12-6-9-5-11(13-14-9)10-4-7-1-2-8(10)3-7/h7-10H,1-6,12H2. The number of nitrogens with zero attached hydrogens (tertiary/aromatic N) is 1. The molecule has 0 aromatic heterocycles. The van der Waals surface area contributed by atoms with E-state index in [0.29, 0.717) is 6.54 Å². The Morgan fingerprint density at radius 2 is 2.29 bits per heavy atom. The predicted octanol–water partition coefficient (Wildman–Crippen LogP) is 1.53. The van der Waals surface area contributed by atoms with Gasteiger partial charge in [0.2, 0.25) is 0 Å². The van der Waals surface area contributed by atoms with Crippen molar-refractivity contribution in [1.29, 1.82) is 0 Å². The van der Waals surface area contributed by atoms with Crippen molar-refractivity contribution >= 4 is 5.71 Å². The highest BCUT2D eigenvalue weighted by Gasteiger charge is 2.43. The molecule has 3 nitrogen and oxygen atoms in total. The van der Waals surface area contributed by atoms with Gasteiger partial charge in [0.05, 0.1) is 5.71 Å². The first-order chi connectivity index (χ1) is 6.86. The molecular formula is C11H18N2O. The van der Waals surface area contributed by atoms with E-state index >= 15 is 0 Å². The van der Waals surface area contributed by atoms with Crippen molar-refractivity contribution in [1.82, 2.24) is 0 Å². The molecule has 4 unspecified atom stereocenters. The molecular weight excluding hydrogens is 176 g/mol. The average Bonchev–Trinajstić information content (AvgIpc) is 2.93. The molecule has 1 heterocycles. The van der Waals surface area contributed by atoms with Crippen LogP contribution in [0.5, 0.6) is 0 Å². The van der Waals surface area contributed by atoms with E-state index in [-0.39, 0.29) is 6.10 Å². The molecule has 0 radical (unpaired) electrons. The van der Waals surface area contributed by atoms with Gasteiger partial charge in [-0.3, -0.25) is 0 Å². The fourth-order valence-corrected chi connectivity index (χ4v) is 3.45. The Bertz CT molecular complexity index is 264. The van der Waals surface area contributed by atoms with Crippen molar-refractivity contribution in [2.24, 2.45) is 28.6 Å². The van der Waals surface area contributed by atoms with Gasteiger partial charge in [-0.25, -0.2) is 0 Å². The summed E-state index contributed by atoms with van der Waals surface area (Å²) >= 11 is 0. The van der Waals surface area contributed by atoms with Crippen LogP contribution in [0.15, 0.2) is 5.16 Å². The first-order valence-electron chi connectivity index (χ1n) is 5.79. The second-order valence-corrected chi connectivity index (χ2v) is 5.03. The van der Waals surface area contributed by atoms with Gasteiger partial charge in [0.15, 0.2) is 0 Å². The van der Waals surface area contributed by atoms with Crippen LogP contribution >= 0.6 is 0 Å². The van der Waals surface area contributed by atoms with E-state index in [1.54, 1.807) is 0 Å². The molecule has 4 atom stereocenters. The molecule has 3 heteroatoms. The topological polar surface area (TPSA) is 47.6 Å². The lowest BCUT2D eigenvalue weighted by Gasteiger charge is -2.20. The molecule has 0 amide bonds. The van der Waals surface area contributed by atoms with E-state index in [9.17, 15) is 0 Å². The first kappa shape index (κ1) is 8.72. The van der Waals surface area contributed by atoms with Crippen molar-refractivity contribution < 1.29 is 4.84 Å². The van der Waals surface area contributed by atoms with Gasteiger partial charge in [0.1, 0.15) is 6.10 Å². The minimum atomic E-state index is 0.170. The van der Waals surface area contributed by atoms with Gasteiger partial charge >= 0.3 is 0 Å². The Balaban J connectivity index is 1.67. The fraction of sp³-hybridized carbons (Fsp3) is 0.909. The van der Waals surface area contributed by atoms with Crippen molar-refractivity contribution in [2.75, 3.05) is 6.54 Å². The summed E-state index contributed by atoms with van der Waals surface area (Å²) in [5, 5.41) is 4.23. The van der Waals surface area contributed by atoms with Gasteiger partial charge < -0.3 is 10.6 Å². The van der Waals surface area contributed by atoms with Crippen LogP contribution in [0.4, 0.5) is 0 Å². The Morgan fingerprint density at radius 1 is 1.36 bits per heavy atom. The summed E-state index contributed by atoms with van der Waals surface area (Å²) in [7, 11) is 0. The van der Waals surface area contributed by atoms with Crippen molar-refractivity contribution in [2.45, 2.75) is 38.2 Å². The summed E-state index contributed by atoms with van der Waals surface area (Å²) in [5.74, 6) is 2.65. The van der Waals surface area contributed by atoms with Crippen LogP contribution in [0.1, 0.15) is 32.1 Å². The Morgan fingerprint density at radius 3 is 2.86 bits per heavy atom. The number of hydrogen-bond donors (Lipinski definition) is 1. The molecule has 2 saturated carbocycles. The van der Waals surface area contributed by atoms with Gasteiger partial charge in [0.25, 0.3) is 0 Å². The Kier molecular flexibility index (Phi) is 2.01. The van der Waals surface area contributed by atoms with E-state index in [1.807, 2.05) is 0 Å². The lowest BCUT2D eigenvalue weighted by molar-refractivity contribution is 0.0917. The molecule has 0 aromatic carbocycles. The van der Waals surface area contributed by atoms with E-state index < -0.39 is 0 Å². The molecule has 14 heavy (non-hydrogen) atoms. The summed E-state index contributed by atoms with van der Waals surface area (Å²) < 4.78 is 0. The zero-order valence-corrected chi connectivity index (χ0v) is 8.48. The SMILES string of the molecule is NCC1CC(C2CC3CCC2C3)=NO1. The predicted molar refractivity (Wildman–Crippen MR) is 54.9 cm³/mol. The average molecular weight is 194 g/mol. The van der Waals surface area contributed by atoms with Crippen molar-refractivity contribution in [3.8, 4) is 0 Å². The van der Waals surface area contributed by atoms with Crippen molar-refractivity contribution in [3.63, 3.8) is 0 Å². The molecule has 0 saturated heterocycles. The maximum Gasteiger partial charge on any atom is 0.145 e. The Hall–Kier alpha value is -0.570. The second-order valence-electron chi connectivity index (χ2n) is 5.03. The largest absolute Gasteiger partial charge is 0.391 e. The van der Waals surface area contributed by atoms with Gasteiger partial charge in [-0.05, 0) is 31.1 Å². The molecule has 3 rings (SSSR count).